The normalized spacial score (nSPS) is 12.6. The molecular weight excluding hydrogens is 330 g/mol. The van der Waals surface area contributed by atoms with Crippen LogP contribution in [0.3, 0.4) is 0 Å². The molecule has 0 saturated heterocycles. The van der Waals surface area contributed by atoms with E-state index in [1.54, 1.807) is 0 Å². The number of aromatic nitrogens is 3. The molecule has 0 aromatic carbocycles. The van der Waals surface area contributed by atoms with Crippen LogP contribution in [0, 0.1) is 6.92 Å². The lowest BCUT2D eigenvalue weighted by atomic mass is 10.1. The first-order valence-electron chi connectivity index (χ1n) is 7.24. The van der Waals surface area contributed by atoms with Gasteiger partial charge in [-0.15, -0.1) is 0 Å². The second kappa shape index (κ2) is 7.15. The van der Waals surface area contributed by atoms with Gasteiger partial charge in [-0.05, 0) is 48.3 Å². The average molecular weight is 352 g/mol. The number of nitrogens with zero attached hydrogens (tertiary/aromatic N) is 3. The first-order chi connectivity index (χ1) is 10.1. The quantitative estimate of drug-likeness (QED) is 0.620. The Morgan fingerprint density at radius 2 is 2.14 bits per heavy atom. The molecule has 0 aliphatic heterocycles. The van der Waals surface area contributed by atoms with Crippen molar-refractivity contribution in [3.05, 3.63) is 45.4 Å². The molecule has 3 N–H and O–H groups in total. The molecule has 0 fully saturated rings. The standard InChI is InChI=1S/C15H22BrN5/c1-4-11-15(16)14(21(5-2)20-11)9-13(19-17)12-8-6-7-10(3)18-12/h6-8,13,19H,4-5,9,17H2,1-3H3. The van der Waals surface area contributed by atoms with Crippen LogP contribution in [0.4, 0.5) is 0 Å². The Bertz CT molecular complexity index is 608. The van der Waals surface area contributed by atoms with Crippen molar-refractivity contribution in [2.45, 2.75) is 46.2 Å². The number of rotatable bonds is 6. The van der Waals surface area contributed by atoms with Crippen molar-refractivity contribution < 1.29 is 0 Å². The van der Waals surface area contributed by atoms with Gasteiger partial charge in [-0.25, -0.2) is 0 Å². The minimum atomic E-state index is -0.0343. The van der Waals surface area contributed by atoms with Crippen molar-refractivity contribution in [1.82, 2.24) is 20.2 Å². The smallest absolute Gasteiger partial charge is 0.0766 e. The van der Waals surface area contributed by atoms with Crippen molar-refractivity contribution in [1.29, 1.82) is 0 Å². The van der Waals surface area contributed by atoms with E-state index in [9.17, 15) is 0 Å². The molecule has 21 heavy (non-hydrogen) atoms. The number of pyridine rings is 1. The predicted molar refractivity (Wildman–Crippen MR) is 87.7 cm³/mol. The van der Waals surface area contributed by atoms with Gasteiger partial charge in [0.25, 0.3) is 0 Å². The lowest BCUT2D eigenvalue weighted by Crippen LogP contribution is -2.31. The zero-order chi connectivity index (χ0) is 15.4. The second-order valence-corrected chi connectivity index (χ2v) is 5.80. The highest BCUT2D eigenvalue weighted by Crippen LogP contribution is 2.26. The number of hydrazine groups is 1. The number of nitrogens with two attached hydrogens (primary N) is 1. The first-order valence-corrected chi connectivity index (χ1v) is 8.03. The van der Waals surface area contributed by atoms with Crippen molar-refractivity contribution in [2.75, 3.05) is 0 Å². The Balaban J connectivity index is 2.32. The van der Waals surface area contributed by atoms with Gasteiger partial charge in [0.05, 0.1) is 27.6 Å². The highest BCUT2D eigenvalue weighted by Gasteiger charge is 2.20. The summed E-state index contributed by atoms with van der Waals surface area (Å²) in [6, 6.07) is 5.95. The summed E-state index contributed by atoms with van der Waals surface area (Å²) >= 11 is 3.68. The number of aryl methyl sites for hydroxylation is 3. The van der Waals surface area contributed by atoms with E-state index in [1.165, 1.54) is 0 Å². The molecule has 0 saturated carbocycles. The predicted octanol–water partition coefficient (Wildman–Crippen LogP) is 2.68. The number of hydrogen-bond acceptors (Lipinski definition) is 4. The van der Waals surface area contributed by atoms with Crippen molar-refractivity contribution in [3.63, 3.8) is 0 Å². The molecule has 5 nitrogen and oxygen atoms in total. The molecule has 2 heterocycles. The SMILES string of the molecule is CCc1nn(CC)c(CC(NN)c2cccc(C)n2)c1Br. The Morgan fingerprint density at radius 1 is 1.38 bits per heavy atom. The number of halogens is 1. The summed E-state index contributed by atoms with van der Waals surface area (Å²) in [5.74, 6) is 5.75. The molecule has 114 valence electrons. The van der Waals surface area contributed by atoms with Crippen LogP contribution < -0.4 is 11.3 Å². The van der Waals surface area contributed by atoms with Crippen LogP contribution in [0.2, 0.25) is 0 Å². The van der Waals surface area contributed by atoms with Crippen molar-refractivity contribution in [3.8, 4) is 0 Å². The monoisotopic (exact) mass is 351 g/mol. The summed E-state index contributed by atoms with van der Waals surface area (Å²) < 4.78 is 3.11. The highest BCUT2D eigenvalue weighted by atomic mass is 79.9. The minimum Gasteiger partial charge on any atom is -0.271 e. The lowest BCUT2D eigenvalue weighted by Gasteiger charge is -2.17. The van der Waals surface area contributed by atoms with Gasteiger partial charge in [-0.2, -0.15) is 5.10 Å². The molecule has 2 rings (SSSR count). The van der Waals surface area contributed by atoms with E-state index in [1.807, 2.05) is 29.8 Å². The van der Waals surface area contributed by atoms with Crippen LogP contribution in [0.1, 0.15) is 42.7 Å². The Hall–Kier alpha value is -1.24. The second-order valence-electron chi connectivity index (χ2n) is 5.00. The molecule has 1 unspecified atom stereocenters. The number of hydrogen-bond donors (Lipinski definition) is 2. The molecule has 0 amide bonds. The molecule has 2 aromatic heterocycles. The van der Waals surface area contributed by atoms with Crippen LogP contribution in [0.15, 0.2) is 22.7 Å². The summed E-state index contributed by atoms with van der Waals surface area (Å²) in [6.07, 6.45) is 1.65. The Morgan fingerprint density at radius 3 is 2.71 bits per heavy atom. The summed E-state index contributed by atoms with van der Waals surface area (Å²) in [5.41, 5.74) is 7.05. The van der Waals surface area contributed by atoms with E-state index in [0.29, 0.717) is 0 Å². The molecule has 0 aliphatic carbocycles. The molecule has 0 radical (unpaired) electrons. The number of nitrogens with one attached hydrogen (secondary N) is 1. The Labute approximate surface area is 134 Å². The van der Waals surface area contributed by atoms with Crippen LogP contribution in [0.5, 0.6) is 0 Å². The third kappa shape index (κ3) is 3.51. The van der Waals surface area contributed by atoms with E-state index >= 15 is 0 Å². The largest absolute Gasteiger partial charge is 0.271 e. The van der Waals surface area contributed by atoms with Crippen LogP contribution in [0.25, 0.3) is 0 Å². The van der Waals surface area contributed by atoms with Gasteiger partial charge < -0.3 is 0 Å². The fourth-order valence-corrected chi connectivity index (χ4v) is 3.14. The average Bonchev–Trinajstić information content (AvgIpc) is 2.80. The maximum Gasteiger partial charge on any atom is 0.0766 e. The highest BCUT2D eigenvalue weighted by molar-refractivity contribution is 9.10. The van der Waals surface area contributed by atoms with Gasteiger partial charge in [-0.1, -0.05) is 13.0 Å². The molecular formula is C15H22BrN5. The molecule has 6 heteroatoms. The van der Waals surface area contributed by atoms with Gasteiger partial charge in [0, 0.05) is 18.7 Å². The summed E-state index contributed by atoms with van der Waals surface area (Å²) in [4.78, 5) is 4.57. The van der Waals surface area contributed by atoms with Gasteiger partial charge in [0.1, 0.15) is 0 Å². The zero-order valence-electron chi connectivity index (χ0n) is 12.7. The van der Waals surface area contributed by atoms with Gasteiger partial charge in [0.2, 0.25) is 0 Å². The zero-order valence-corrected chi connectivity index (χ0v) is 14.3. The van der Waals surface area contributed by atoms with Gasteiger partial charge in [0.15, 0.2) is 0 Å². The fourth-order valence-electron chi connectivity index (χ4n) is 2.41. The van der Waals surface area contributed by atoms with Gasteiger partial charge >= 0.3 is 0 Å². The maximum absolute atomic E-state index is 5.75. The molecule has 2 aromatic rings. The van der Waals surface area contributed by atoms with Crippen molar-refractivity contribution in [2.24, 2.45) is 5.84 Å². The van der Waals surface area contributed by atoms with Crippen LogP contribution in [-0.4, -0.2) is 14.8 Å². The minimum absolute atomic E-state index is 0.0343. The molecule has 0 bridgehead atoms. The van der Waals surface area contributed by atoms with Crippen LogP contribution in [-0.2, 0) is 19.4 Å². The third-order valence-corrected chi connectivity index (χ3v) is 4.48. The maximum atomic E-state index is 5.75. The van der Waals surface area contributed by atoms with Crippen molar-refractivity contribution >= 4 is 15.9 Å². The fraction of sp³-hybridized carbons (Fsp3) is 0.467. The molecule has 0 spiro atoms. The van der Waals surface area contributed by atoms with E-state index < -0.39 is 0 Å². The van der Waals surface area contributed by atoms with E-state index in [0.717, 1.165) is 46.6 Å². The molecule has 0 aliphatic rings. The summed E-state index contributed by atoms with van der Waals surface area (Å²) in [5, 5.41) is 4.63. The third-order valence-electron chi connectivity index (χ3n) is 3.56. The van der Waals surface area contributed by atoms with Gasteiger partial charge in [-0.3, -0.25) is 20.9 Å². The van der Waals surface area contributed by atoms with E-state index in [4.69, 9.17) is 5.84 Å². The lowest BCUT2D eigenvalue weighted by molar-refractivity contribution is 0.505. The summed E-state index contributed by atoms with van der Waals surface area (Å²) in [7, 11) is 0. The first kappa shape index (κ1) is 16.1. The summed E-state index contributed by atoms with van der Waals surface area (Å²) in [6.45, 7) is 7.03. The topological polar surface area (TPSA) is 68.8 Å². The van der Waals surface area contributed by atoms with E-state index in [-0.39, 0.29) is 6.04 Å². The van der Waals surface area contributed by atoms with Crippen LogP contribution >= 0.6 is 15.9 Å². The Kier molecular flexibility index (Phi) is 5.50. The van der Waals surface area contributed by atoms with E-state index in [2.05, 4.69) is 45.3 Å². The molecule has 1 atom stereocenters.